The molecule has 0 aliphatic carbocycles. The second kappa shape index (κ2) is 12.5. The van der Waals surface area contributed by atoms with Crippen LogP contribution in [0, 0.1) is 0 Å². The van der Waals surface area contributed by atoms with Gasteiger partial charge in [0.2, 0.25) is 5.91 Å². The third kappa shape index (κ3) is 6.02. The van der Waals surface area contributed by atoms with Gasteiger partial charge in [-0.05, 0) is 34.6 Å². The maximum atomic E-state index is 13.9. The molecule has 0 unspecified atom stereocenters. The molecule has 3 aromatic rings. The third-order valence-corrected chi connectivity index (χ3v) is 8.80. The first kappa shape index (κ1) is 27.0. The lowest BCUT2D eigenvalue weighted by atomic mass is 10.0. The van der Waals surface area contributed by atoms with E-state index in [1.807, 2.05) is 90.3 Å². The van der Waals surface area contributed by atoms with E-state index in [-0.39, 0.29) is 29.3 Å². The van der Waals surface area contributed by atoms with Gasteiger partial charge in [0.15, 0.2) is 6.10 Å². The Morgan fingerprint density at radius 3 is 2.36 bits per heavy atom. The molecule has 2 amide bonds. The van der Waals surface area contributed by atoms with Crippen LogP contribution < -0.4 is 5.32 Å². The largest absolute Gasteiger partial charge is 0.448 e. The smallest absolute Gasteiger partial charge is 0.356 e. The summed E-state index contributed by atoms with van der Waals surface area (Å²) in [6, 6.07) is 22.3. The highest BCUT2D eigenvalue weighted by Gasteiger charge is 2.54. The minimum absolute atomic E-state index is 0.203. The van der Waals surface area contributed by atoms with E-state index in [0.717, 1.165) is 34.4 Å². The Balaban J connectivity index is 1.40. The minimum atomic E-state index is -0.675. The van der Waals surface area contributed by atoms with Crippen LogP contribution >= 0.6 is 23.1 Å². The molecule has 0 spiro atoms. The van der Waals surface area contributed by atoms with E-state index in [0.29, 0.717) is 5.75 Å². The van der Waals surface area contributed by atoms with Crippen molar-refractivity contribution in [2.45, 2.75) is 43.7 Å². The normalized spacial score (nSPS) is 18.7. The van der Waals surface area contributed by atoms with Gasteiger partial charge in [-0.3, -0.25) is 14.5 Å². The zero-order chi connectivity index (χ0) is 27.2. The number of ether oxygens (including phenoxy) is 1. The first-order chi connectivity index (χ1) is 19.1. The Kier molecular flexibility index (Phi) is 8.64. The van der Waals surface area contributed by atoms with E-state index < -0.39 is 18.1 Å². The van der Waals surface area contributed by atoms with Gasteiger partial charge >= 0.3 is 5.97 Å². The molecule has 200 valence electrons. The summed E-state index contributed by atoms with van der Waals surface area (Å²) in [5.74, 6) is -0.509. The number of nitrogens with one attached hydrogen (secondary N) is 1. The highest BCUT2D eigenvalue weighted by Crippen LogP contribution is 2.42. The highest BCUT2D eigenvalue weighted by molar-refractivity contribution is 8.00. The summed E-state index contributed by atoms with van der Waals surface area (Å²) < 4.78 is 6.17. The molecule has 2 aromatic carbocycles. The van der Waals surface area contributed by atoms with Gasteiger partial charge in [0.05, 0.1) is 6.42 Å². The Bertz CT molecular complexity index is 1330. The fourth-order valence-electron chi connectivity index (χ4n) is 4.70. The van der Waals surface area contributed by atoms with Gasteiger partial charge in [-0.1, -0.05) is 92.2 Å². The van der Waals surface area contributed by atoms with Crippen molar-refractivity contribution in [3.05, 3.63) is 118 Å². The number of thioether (sulfide) groups is 1. The van der Waals surface area contributed by atoms with Gasteiger partial charge in [0.1, 0.15) is 17.1 Å². The summed E-state index contributed by atoms with van der Waals surface area (Å²) in [5, 5.41) is 4.45. The molecule has 1 N–H and O–H groups in total. The van der Waals surface area contributed by atoms with Crippen molar-refractivity contribution in [1.29, 1.82) is 0 Å². The van der Waals surface area contributed by atoms with E-state index in [1.54, 1.807) is 11.8 Å². The maximum Gasteiger partial charge on any atom is 0.356 e. The molecule has 5 rings (SSSR count). The van der Waals surface area contributed by atoms with E-state index in [2.05, 4.69) is 12.2 Å². The summed E-state index contributed by atoms with van der Waals surface area (Å²) in [6.45, 7) is 2.09. The fourth-order valence-corrected chi connectivity index (χ4v) is 6.72. The number of thiophene rings is 1. The number of hydrogen-bond acceptors (Lipinski definition) is 6. The lowest BCUT2D eigenvalue weighted by molar-refractivity contribution is -0.154. The summed E-state index contributed by atoms with van der Waals surface area (Å²) in [5.41, 5.74) is 2.70. The van der Waals surface area contributed by atoms with Gasteiger partial charge in [-0.2, -0.15) is 0 Å². The van der Waals surface area contributed by atoms with Crippen LogP contribution in [0.25, 0.3) is 0 Å². The molecule has 6 nitrogen and oxygen atoms in total. The molecule has 0 saturated carbocycles. The number of hydrogen-bond donors (Lipinski definition) is 1. The van der Waals surface area contributed by atoms with Crippen LogP contribution in [-0.4, -0.2) is 39.9 Å². The lowest BCUT2D eigenvalue weighted by Gasteiger charge is -2.49. The fraction of sp³-hybridized carbons (Fsp3) is 0.258. The van der Waals surface area contributed by atoms with Crippen LogP contribution in [0.1, 0.15) is 41.9 Å². The number of unbranched alkanes of at least 4 members (excludes halogenated alkanes) is 1. The van der Waals surface area contributed by atoms with Crippen LogP contribution in [-0.2, 0) is 25.5 Å². The molecule has 2 aliphatic heterocycles. The van der Waals surface area contributed by atoms with E-state index in [4.69, 9.17) is 4.74 Å². The number of β-lactam (4-membered cyclic amide) rings is 1. The molecule has 1 saturated heterocycles. The Morgan fingerprint density at radius 2 is 1.74 bits per heavy atom. The predicted molar refractivity (Wildman–Crippen MR) is 155 cm³/mol. The van der Waals surface area contributed by atoms with E-state index in [1.165, 1.54) is 16.2 Å². The van der Waals surface area contributed by atoms with Crippen molar-refractivity contribution in [1.82, 2.24) is 10.2 Å². The maximum absolute atomic E-state index is 13.9. The summed E-state index contributed by atoms with van der Waals surface area (Å²) >= 11 is 3.06. The number of rotatable bonds is 10. The molecule has 1 fully saturated rings. The lowest BCUT2D eigenvalue weighted by Crippen LogP contribution is -2.70. The van der Waals surface area contributed by atoms with Crippen molar-refractivity contribution in [2.75, 3.05) is 5.75 Å². The predicted octanol–water partition coefficient (Wildman–Crippen LogP) is 5.63. The molecular weight excluding hydrogens is 528 g/mol. The van der Waals surface area contributed by atoms with E-state index >= 15 is 0 Å². The molecule has 1 aromatic heterocycles. The SMILES string of the molecule is CCC/C=C/C1=C(C(=O)OC(c2ccccc2)c2ccccc2)N2C(=O)[C@@H](NC(=O)Cc3cccs3)[C@H]2SC1. The zero-order valence-electron chi connectivity index (χ0n) is 21.6. The van der Waals surface area contributed by atoms with Crippen molar-refractivity contribution in [2.24, 2.45) is 0 Å². The van der Waals surface area contributed by atoms with Crippen LogP contribution in [0.2, 0.25) is 0 Å². The standard InChI is InChI=1S/C31H30N2O4S2/c1-2-3-6-16-23-20-39-30-26(32-25(34)19-24-17-11-18-38-24)29(35)33(30)27(23)31(36)37-28(21-12-7-4-8-13-21)22-14-9-5-10-15-22/h4-18,26,28,30H,2-3,19-20H2,1H3,(H,32,34)/b16-6+/t26-,30-/m1/s1. The van der Waals surface area contributed by atoms with Gasteiger partial charge in [-0.15, -0.1) is 23.1 Å². The topological polar surface area (TPSA) is 75.7 Å². The van der Waals surface area contributed by atoms with Crippen molar-refractivity contribution in [3.8, 4) is 0 Å². The average Bonchev–Trinajstić information content (AvgIpc) is 3.48. The van der Waals surface area contributed by atoms with Gasteiger partial charge < -0.3 is 10.1 Å². The second-order valence-corrected chi connectivity index (χ2v) is 11.5. The second-order valence-electron chi connectivity index (χ2n) is 9.38. The monoisotopic (exact) mass is 558 g/mol. The van der Waals surface area contributed by atoms with Gasteiger partial charge in [0.25, 0.3) is 5.91 Å². The number of allylic oxidation sites excluding steroid dienone is 2. The third-order valence-electron chi connectivity index (χ3n) is 6.63. The number of esters is 1. The van der Waals surface area contributed by atoms with Crippen LogP contribution in [0.15, 0.2) is 102 Å². The molecular formula is C31H30N2O4S2. The van der Waals surface area contributed by atoms with Gasteiger partial charge in [-0.25, -0.2) is 4.79 Å². The number of carbonyl (C=O) groups excluding carboxylic acids is 3. The van der Waals surface area contributed by atoms with Crippen LogP contribution in [0.5, 0.6) is 0 Å². The number of benzene rings is 2. The summed E-state index contributed by atoms with van der Waals surface area (Å²) in [6.07, 6.45) is 5.40. The van der Waals surface area contributed by atoms with Crippen molar-refractivity contribution < 1.29 is 19.1 Å². The van der Waals surface area contributed by atoms with Crippen LogP contribution in [0.3, 0.4) is 0 Å². The number of carbonyl (C=O) groups is 3. The zero-order valence-corrected chi connectivity index (χ0v) is 23.3. The molecule has 2 aliphatic rings. The van der Waals surface area contributed by atoms with Gasteiger partial charge in [0, 0.05) is 10.6 Å². The highest BCUT2D eigenvalue weighted by atomic mass is 32.2. The summed E-state index contributed by atoms with van der Waals surface area (Å²) in [7, 11) is 0. The Hall–Kier alpha value is -3.62. The summed E-state index contributed by atoms with van der Waals surface area (Å²) in [4.78, 5) is 42.3. The average molecular weight is 559 g/mol. The first-order valence-corrected chi connectivity index (χ1v) is 15.0. The van der Waals surface area contributed by atoms with Crippen molar-refractivity contribution >= 4 is 40.9 Å². The van der Waals surface area contributed by atoms with E-state index in [9.17, 15) is 14.4 Å². The molecule has 0 bridgehead atoms. The molecule has 2 atom stereocenters. The van der Waals surface area contributed by atoms with Crippen LogP contribution in [0.4, 0.5) is 0 Å². The molecule has 8 heteroatoms. The molecule has 39 heavy (non-hydrogen) atoms. The first-order valence-electron chi connectivity index (χ1n) is 13.0. The molecule has 3 heterocycles. The molecule has 0 radical (unpaired) electrons. The number of fused-ring (bicyclic) bond motifs is 1. The number of amides is 2. The quantitative estimate of drug-likeness (QED) is 0.258. The Labute approximate surface area is 236 Å². The van der Waals surface area contributed by atoms with Crippen molar-refractivity contribution in [3.63, 3.8) is 0 Å². The number of nitrogens with zero attached hydrogens (tertiary/aromatic N) is 1. The Morgan fingerprint density at radius 1 is 1.05 bits per heavy atom. The minimum Gasteiger partial charge on any atom is -0.448 e.